The van der Waals surface area contributed by atoms with Crippen molar-refractivity contribution in [1.29, 1.82) is 0 Å². The summed E-state index contributed by atoms with van der Waals surface area (Å²) in [5.74, 6) is 1.09. The molecule has 2 rings (SSSR count). The number of rotatable bonds is 3. The maximum atomic E-state index is 5.91. The number of aromatic nitrogens is 2. The van der Waals surface area contributed by atoms with Gasteiger partial charge in [-0.3, -0.25) is 14.6 Å². The molecule has 1 aliphatic heterocycles. The number of aryl methyl sites for hydroxylation is 1. The Kier molecular flexibility index (Phi) is 4.65. The van der Waals surface area contributed by atoms with Crippen molar-refractivity contribution in [3.05, 3.63) is 18.0 Å². The van der Waals surface area contributed by atoms with Crippen LogP contribution in [0.5, 0.6) is 0 Å². The minimum Gasteiger partial charge on any atom is -0.370 e. The van der Waals surface area contributed by atoms with Crippen LogP contribution in [0.4, 0.5) is 0 Å². The molecule has 0 bridgehead atoms. The quantitative estimate of drug-likeness (QED) is 0.652. The number of aliphatic imine (C=N–C) groups is 1. The number of nitrogens with zero attached hydrogens (tertiary/aromatic N) is 5. The second kappa shape index (κ2) is 6.26. The van der Waals surface area contributed by atoms with Crippen molar-refractivity contribution in [1.82, 2.24) is 19.6 Å². The first-order valence-corrected chi connectivity index (χ1v) is 7.16. The standard InChI is InChI=1S/C14H26N6/c1-18(2)14(15)16-10-11-6-5-9-19(3)13(11)12-7-8-17-20(12)4/h7-8,11,13H,5-6,9-10H2,1-4H3,(H2,15,16)/t11-,13+/m0/s1. The fourth-order valence-electron chi connectivity index (χ4n) is 2.94. The minimum absolute atomic E-state index is 0.370. The Morgan fingerprint density at radius 3 is 2.85 bits per heavy atom. The fraction of sp³-hybridized carbons (Fsp3) is 0.714. The lowest BCUT2D eigenvalue weighted by Gasteiger charge is -2.38. The zero-order valence-electron chi connectivity index (χ0n) is 13.0. The molecular weight excluding hydrogens is 252 g/mol. The van der Waals surface area contributed by atoms with Gasteiger partial charge in [0, 0.05) is 33.9 Å². The van der Waals surface area contributed by atoms with Gasteiger partial charge in [0.05, 0.1) is 11.7 Å². The van der Waals surface area contributed by atoms with Crippen molar-refractivity contribution in [3.63, 3.8) is 0 Å². The zero-order chi connectivity index (χ0) is 14.7. The van der Waals surface area contributed by atoms with Crippen LogP contribution in [0, 0.1) is 5.92 Å². The van der Waals surface area contributed by atoms with E-state index in [9.17, 15) is 0 Å². The van der Waals surface area contributed by atoms with Gasteiger partial charge in [0.2, 0.25) is 0 Å². The van der Waals surface area contributed by atoms with E-state index in [1.807, 2.05) is 36.9 Å². The SMILES string of the molecule is CN(C)C(N)=NC[C@@H]1CCCN(C)[C@H]1c1ccnn1C. The van der Waals surface area contributed by atoms with Crippen molar-refractivity contribution in [2.45, 2.75) is 18.9 Å². The maximum absolute atomic E-state index is 5.91. The van der Waals surface area contributed by atoms with Gasteiger partial charge in [0.15, 0.2) is 5.96 Å². The largest absolute Gasteiger partial charge is 0.370 e. The Hall–Kier alpha value is -1.56. The van der Waals surface area contributed by atoms with Crippen molar-refractivity contribution >= 4 is 5.96 Å². The summed E-state index contributed by atoms with van der Waals surface area (Å²) in [5.41, 5.74) is 7.17. The summed E-state index contributed by atoms with van der Waals surface area (Å²) in [5, 5.41) is 4.31. The van der Waals surface area contributed by atoms with E-state index < -0.39 is 0 Å². The number of nitrogens with two attached hydrogens (primary N) is 1. The second-order valence-electron chi connectivity index (χ2n) is 5.80. The van der Waals surface area contributed by atoms with E-state index >= 15 is 0 Å². The highest BCUT2D eigenvalue weighted by molar-refractivity contribution is 5.77. The average molecular weight is 278 g/mol. The van der Waals surface area contributed by atoms with E-state index in [1.165, 1.54) is 18.5 Å². The summed E-state index contributed by atoms with van der Waals surface area (Å²) in [6, 6.07) is 2.48. The van der Waals surface area contributed by atoms with Crippen molar-refractivity contribution in [3.8, 4) is 0 Å². The highest BCUT2D eigenvalue weighted by Crippen LogP contribution is 2.34. The van der Waals surface area contributed by atoms with Crippen molar-refractivity contribution in [2.75, 3.05) is 34.2 Å². The van der Waals surface area contributed by atoms with Gasteiger partial charge in [0.25, 0.3) is 0 Å². The molecule has 0 aromatic carbocycles. The second-order valence-corrected chi connectivity index (χ2v) is 5.80. The molecule has 2 N–H and O–H groups in total. The molecule has 1 aromatic heterocycles. The van der Waals surface area contributed by atoms with Gasteiger partial charge in [0.1, 0.15) is 0 Å². The highest BCUT2D eigenvalue weighted by Gasteiger charge is 2.32. The summed E-state index contributed by atoms with van der Waals surface area (Å²) in [4.78, 5) is 8.80. The molecule has 2 heterocycles. The lowest BCUT2D eigenvalue weighted by atomic mass is 9.87. The van der Waals surface area contributed by atoms with Crippen LogP contribution in [0.2, 0.25) is 0 Å². The summed E-state index contributed by atoms with van der Waals surface area (Å²) >= 11 is 0. The smallest absolute Gasteiger partial charge is 0.190 e. The van der Waals surface area contributed by atoms with Gasteiger partial charge in [-0.05, 0) is 38.4 Å². The van der Waals surface area contributed by atoms with E-state index in [4.69, 9.17) is 5.73 Å². The molecule has 1 fully saturated rings. The number of hydrogen-bond donors (Lipinski definition) is 1. The number of likely N-dealkylation sites (tertiary alicyclic amines) is 1. The van der Waals surface area contributed by atoms with E-state index in [0.717, 1.165) is 13.1 Å². The third-order valence-electron chi connectivity index (χ3n) is 4.11. The lowest BCUT2D eigenvalue weighted by Crippen LogP contribution is -2.39. The third kappa shape index (κ3) is 3.12. The molecule has 1 aromatic rings. The number of hydrogen-bond acceptors (Lipinski definition) is 3. The predicted molar refractivity (Wildman–Crippen MR) is 81.5 cm³/mol. The third-order valence-corrected chi connectivity index (χ3v) is 4.11. The van der Waals surface area contributed by atoms with Crippen LogP contribution in [0.15, 0.2) is 17.3 Å². The number of piperidine rings is 1. The van der Waals surface area contributed by atoms with Gasteiger partial charge in [-0.25, -0.2) is 0 Å². The fourth-order valence-corrected chi connectivity index (χ4v) is 2.94. The molecule has 1 aliphatic rings. The van der Waals surface area contributed by atoms with Crippen LogP contribution in [0.25, 0.3) is 0 Å². The summed E-state index contributed by atoms with van der Waals surface area (Å²) < 4.78 is 1.97. The lowest BCUT2D eigenvalue weighted by molar-refractivity contribution is 0.119. The minimum atomic E-state index is 0.370. The van der Waals surface area contributed by atoms with Crippen LogP contribution < -0.4 is 5.73 Å². The molecule has 2 atom stereocenters. The first-order valence-electron chi connectivity index (χ1n) is 7.16. The molecule has 112 valence electrons. The zero-order valence-corrected chi connectivity index (χ0v) is 13.0. The first-order chi connectivity index (χ1) is 9.50. The van der Waals surface area contributed by atoms with Gasteiger partial charge in [-0.2, -0.15) is 5.10 Å². The van der Waals surface area contributed by atoms with Crippen LogP contribution in [0.1, 0.15) is 24.6 Å². The number of guanidine groups is 1. The molecule has 6 nitrogen and oxygen atoms in total. The monoisotopic (exact) mass is 278 g/mol. The van der Waals surface area contributed by atoms with Gasteiger partial charge in [-0.15, -0.1) is 0 Å². The Morgan fingerprint density at radius 2 is 2.25 bits per heavy atom. The first kappa shape index (κ1) is 14.8. The summed E-state index contributed by atoms with van der Waals surface area (Å²) in [7, 11) is 8.03. The molecule has 1 saturated heterocycles. The summed E-state index contributed by atoms with van der Waals surface area (Å²) in [6.07, 6.45) is 4.27. The van der Waals surface area contributed by atoms with E-state index in [-0.39, 0.29) is 0 Å². The van der Waals surface area contributed by atoms with Gasteiger partial charge < -0.3 is 10.6 Å². The van der Waals surface area contributed by atoms with Crippen molar-refractivity contribution < 1.29 is 0 Å². The Labute approximate surface area is 121 Å². The Morgan fingerprint density at radius 1 is 1.50 bits per heavy atom. The topological polar surface area (TPSA) is 62.7 Å². The van der Waals surface area contributed by atoms with Gasteiger partial charge in [-0.1, -0.05) is 0 Å². The highest BCUT2D eigenvalue weighted by atomic mass is 15.3. The Bertz CT molecular complexity index is 464. The van der Waals surface area contributed by atoms with E-state index in [1.54, 1.807) is 0 Å². The maximum Gasteiger partial charge on any atom is 0.190 e. The van der Waals surface area contributed by atoms with Crippen LogP contribution in [-0.4, -0.2) is 59.8 Å². The predicted octanol–water partition coefficient (Wildman–Crippen LogP) is 0.679. The van der Waals surface area contributed by atoms with Crippen LogP contribution in [-0.2, 0) is 7.05 Å². The molecule has 0 amide bonds. The molecule has 0 saturated carbocycles. The normalized spacial score (nSPS) is 24.9. The van der Waals surface area contributed by atoms with Crippen molar-refractivity contribution in [2.24, 2.45) is 23.7 Å². The molecule has 0 aliphatic carbocycles. The molecular formula is C14H26N6. The molecule has 20 heavy (non-hydrogen) atoms. The summed E-state index contributed by atoms with van der Waals surface area (Å²) in [6.45, 7) is 1.89. The van der Waals surface area contributed by atoms with E-state index in [2.05, 4.69) is 28.1 Å². The van der Waals surface area contributed by atoms with Gasteiger partial charge >= 0.3 is 0 Å². The van der Waals surface area contributed by atoms with Crippen LogP contribution >= 0.6 is 0 Å². The molecule has 6 heteroatoms. The van der Waals surface area contributed by atoms with Crippen LogP contribution in [0.3, 0.4) is 0 Å². The molecule has 0 unspecified atom stereocenters. The Balaban J connectivity index is 2.17. The molecule has 0 radical (unpaired) electrons. The average Bonchev–Trinajstić information content (AvgIpc) is 2.82. The molecule has 0 spiro atoms. The van der Waals surface area contributed by atoms with E-state index in [0.29, 0.717) is 17.9 Å².